The molecule has 0 aliphatic heterocycles. The van der Waals surface area contributed by atoms with Gasteiger partial charge in [0.25, 0.3) is 5.56 Å². The summed E-state index contributed by atoms with van der Waals surface area (Å²) in [6, 6.07) is 11.9. The van der Waals surface area contributed by atoms with Gasteiger partial charge in [0.15, 0.2) is 11.0 Å². The van der Waals surface area contributed by atoms with Crippen molar-refractivity contribution in [1.82, 2.24) is 24.7 Å². The minimum atomic E-state index is -0.0856. The van der Waals surface area contributed by atoms with E-state index in [1.165, 1.54) is 23.1 Å². The molecule has 3 heterocycles. The van der Waals surface area contributed by atoms with Crippen LogP contribution < -0.4 is 5.56 Å². The molecular weight excluding hydrogens is 354 g/mol. The number of nitrogens with one attached hydrogen (secondary N) is 1. The van der Waals surface area contributed by atoms with E-state index in [1.54, 1.807) is 0 Å². The predicted octanol–water partition coefficient (Wildman–Crippen LogP) is 3.56. The maximum absolute atomic E-state index is 12.1. The van der Waals surface area contributed by atoms with Crippen LogP contribution in [0.5, 0.6) is 0 Å². The van der Waals surface area contributed by atoms with E-state index in [0.29, 0.717) is 16.3 Å². The molecule has 0 radical (unpaired) electrons. The second-order valence-corrected chi connectivity index (χ2v) is 7.21. The highest BCUT2D eigenvalue weighted by Crippen LogP contribution is 2.25. The highest BCUT2D eigenvalue weighted by atomic mass is 32.2. The molecule has 1 N–H and O–H groups in total. The largest absolute Gasteiger partial charge is 0.309 e. The predicted molar refractivity (Wildman–Crippen MR) is 101 cm³/mol. The molecule has 0 atom stereocenters. The van der Waals surface area contributed by atoms with Crippen molar-refractivity contribution in [2.24, 2.45) is 0 Å². The molecule has 0 aliphatic rings. The van der Waals surface area contributed by atoms with Gasteiger partial charge in [-0.15, -0.1) is 21.5 Å². The van der Waals surface area contributed by atoms with Crippen molar-refractivity contribution in [3.05, 3.63) is 58.0 Å². The summed E-state index contributed by atoms with van der Waals surface area (Å²) < 4.78 is 2.73. The number of aromatic amines is 1. The van der Waals surface area contributed by atoms with Crippen LogP contribution in [-0.4, -0.2) is 24.7 Å². The molecule has 0 aliphatic carbocycles. The lowest BCUT2D eigenvalue weighted by Gasteiger charge is -2.07. The minimum absolute atomic E-state index is 0.0856. The Hall–Kier alpha value is -2.45. The van der Waals surface area contributed by atoms with Gasteiger partial charge in [0.1, 0.15) is 10.5 Å². The van der Waals surface area contributed by atoms with Crippen molar-refractivity contribution >= 4 is 33.3 Å². The number of benzene rings is 1. The van der Waals surface area contributed by atoms with E-state index in [1.807, 2.05) is 41.8 Å². The summed E-state index contributed by atoms with van der Waals surface area (Å²) in [7, 11) is 0. The van der Waals surface area contributed by atoms with Gasteiger partial charge >= 0.3 is 0 Å². The molecule has 4 aromatic rings. The first-order valence-corrected chi connectivity index (χ1v) is 9.70. The Labute approximate surface area is 152 Å². The molecule has 0 saturated carbocycles. The fraction of sp³-hybridized carbons (Fsp3) is 0.176. The second-order valence-electron chi connectivity index (χ2n) is 5.35. The SMILES string of the molecule is CCn1c(SCc2nc3ccsc3c(=O)[nH]2)nnc1-c1ccccc1. The van der Waals surface area contributed by atoms with Gasteiger partial charge in [-0.3, -0.25) is 4.79 Å². The average Bonchev–Trinajstić information content (AvgIpc) is 3.27. The molecule has 0 unspecified atom stereocenters. The smallest absolute Gasteiger partial charge is 0.268 e. The fourth-order valence-electron chi connectivity index (χ4n) is 2.60. The van der Waals surface area contributed by atoms with Crippen molar-refractivity contribution < 1.29 is 0 Å². The molecule has 0 fully saturated rings. The molecule has 4 rings (SSSR count). The van der Waals surface area contributed by atoms with Crippen LogP contribution >= 0.6 is 23.1 Å². The molecule has 0 amide bonds. The average molecular weight is 369 g/mol. The number of rotatable bonds is 5. The Balaban J connectivity index is 1.60. The molecule has 0 saturated heterocycles. The highest BCUT2D eigenvalue weighted by molar-refractivity contribution is 7.98. The number of thiophene rings is 1. The normalized spacial score (nSPS) is 11.2. The number of hydrogen-bond acceptors (Lipinski definition) is 6. The van der Waals surface area contributed by atoms with Crippen molar-refractivity contribution in [2.75, 3.05) is 0 Å². The van der Waals surface area contributed by atoms with Crippen molar-refractivity contribution in [1.29, 1.82) is 0 Å². The van der Waals surface area contributed by atoms with Crippen LogP contribution in [-0.2, 0) is 12.3 Å². The van der Waals surface area contributed by atoms with Gasteiger partial charge in [-0.05, 0) is 18.4 Å². The van der Waals surface area contributed by atoms with Gasteiger partial charge in [-0.1, -0.05) is 42.1 Å². The molecule has 0 bridgehead atoms. The summed E-state index contributed by atoms with van der Waals surface area (Å²) in [6.07, 6.45) is 0. The van der Waals surface area contributed by atoms with Gasteiger partial charge in [0.2, 0.25) is 0 Å². The standard InChI is InChI=1S/C17H15N5OS2/c1-2-22-15(11-6-4-3-5-7-11)20-21-17(22)25-10-13-18-12-8-9-24-14(12)16(23)19-13/h3-9H,2,10H2,1H3,(H,18,19,23). The lowest BCUT2D eigenvalue weighted by atomic mass is 10.2. The molecular formula is C17H15N5OS2. The minimum Gasteiger partial charge on any atom is -0.309 e. The van der Waals surface area contributed by atoms with E-state index in [-0.39, 0.29) is 5.56 Å². The zero-order valence-electron chi connectivity index (χ0n) is 13.5. The quantitative estimate of drug-likeness (QED) is 0.544. The number of thioether (sulfide) groups is 1. The van der Waals surface area contributed by atoms with Gasteiger partial charge in [-0.2, -0.15) is 0 Å². The summed E-state index contributed by atoms with van der Waals surface area (Å²) in [5.41, 5.74) is 1.69. The van der Waals surface area contributed by atoms with Crippen molar-refractivity contribution in [2.45, 2.75) is 24.4 Å². The van der Waals surface area contributed by atoms with Crippen LogP contribution in [0.3, 0.4) is 0 Å². The van der Waals surface area contributed by atoms with Crippen molar-refractivity contribution in [3.8, 4) is 11.4 Å². The summed E-state index contributed by atoms with van der Waals surface area (Å²) in [4.78, 5) is 19.4. The number of fused-ring (bicyclic) bond motifs is 1. The molecule has 6 nitrogen and oxygen atoms in total. The Morgan fingerprint density at radius 2 is 2.04 bits per heavy atom. The number of H-pyrrole nitrogens is 1. The molecule has 25 heavy (non-hydrogen) atoms. The van der Waals surface area contributed by atoms with Gasteiger partial charge < -0.3 is 9.55 Å². The number of nitrogens with zero attached hydrogens (tertiary/aromatic N) is 4. The van der Waals surface area contributed by atoms with Crippen LogP contribution in [0, 0.1) is 0 Å². The molecule has 1 aromatic carbocycles. The van der Waals surface area contributed by atoms with Crippen LogP contribution in [0.1, 0.15) is 12.7 Å². The molecule has 8 heteroatoms. The van der Waals surface area contributed by atoms with E-state index in [4.69, 9.17) is 0 Å². The van der Waals surface area contributed by atoms with Gasteiger partial charge in [0, 0.05) is 12.1 Å². The zero-order valence-corrected chi connectivity index (χ0v) is 15.1. The van der Waals surface area contributed by atoms with Crippen LogP contribution in [0.25, 0.3) is 21.6 Å². The maximum atomic E-state index is 12.1. The lowest BCUT2D eigenvalue weighted by Crippen LogP contribution is -2.09. The second kappa shape index (κ2) is 6.81. The monoisotopic (exact) mass is 369 g/mol. The number of aromatic nitrogens is 5. The first kappa shape index (κ1) is 16.0. The third-order valence-electron chi connectivity index (χ3n) is 3.77. The Bertz CT molecular complexity index is 1070. The molecule has 126 valence electrons. The summed E-state index contributed by atoms with van der Waals surface area (Å²) in [5, 5.41) is 11.3. The van der Waals surface area contributed by atoms with E-state index in [9.17, 15) is 4.79 Å². The lowest BCUT2D eigenvalue weighted by molar-refractivity contribution is 0.687. The highest BCUT2D eigenvalue weighted by Gasteiger charge is 2.14. The Morgan fingerprint density at radius 3 is 2.84 bits per heavy atom. The van der Waals surface area contributed by atoms with Crippen LogP contribution in [0.2, 0.25) is 0 Å². The van der Waals surface area contributed by atoms with E-state index >= 15 is 0 Å². The summed E-state index contributed by atoms with van der Waals surface area (Å²) >= 11 is 2.92. The van der Waals surface area contributed by atoms with E-state index < -0.39 is 0 Å². The van der Waals surface area contributed by atoms with Gasteiger partial charge in [0.05, 0.1) is 11.3 Å². The third kappa shape index (κ3) is 3.10. The topological polar surface area (TPSA) is 76.5 Å². The first-order chi connectivity index (χ1) is 12.3. The van der Waals surface area contributed by atoms with Crippen molar-refractivity contribution in [3.63, 3.8) is 0 Å². The third-order valence-corrected chi connectivity index (χ3v) is 5.65. The fourth-order valence-corrected chi connectivity index (χ4v) is 4.20. The van der Waals surface area contributed by atoms with E-state index in [2.05, 4.69) is 31.7 Å². The maximum Gasteiger partial charge on any atom is 0.268 e. The van der Waals surface area contributed by atoms with Gasteiger partial charge in [-0.25, -0.2) is 4.98 Å². The Kier molecular flexibility index (Phi) is 4.37. The van der Waals surface area contributed by atoms with E-state index in [0.717, 1.165) is 28.6 Å². The number of hydrogen-bond donors (Lipinski definition) is 1. The van der Waals surface area contributed by atoms with Crippen LogP contribution in [0.15, 0.2) is 51.7 Å². The Morgan fingerprint density at radius 1 is 1.20 bits per heavy atom. The zero-order chi connectivity index (χ0) is 17.2. The molecule has 0 spiro atoms. The first-order valence-electron chi connectivity index (χ1n) is 7.84. The summed E-state index contributed by atoms with van der Waals surface area (Å²) in [6.45, 7) is 2.84. The summed E-state index contributed by atoms with van der Waals surface area (Å²) in [5.74, 6) is 2.03. The van der Waals surface area contributed by atoms with Crippen LogP contribution in [0.4, 0.5) is 0 Å². The molecule has 3 aromatic heterocycles.